The van der Waals surface area contributed by atoms with Gasteiger partial charge in [0.2, 0.25) is 0 Å². The summed E-state index contributed by atoms with van der Waals surface area (Å²) in [6, 6.07) is 8.69. The van der Waals surface area contributed by atoms with E-state index >= 15 is 0 Å². The van der Waals surface area contributed by atoms with E-state index in [9.17, 15) is 5.11 Å². The zero-order chi connectivity index (χ0) is 12.7. The first-order valence-corrected chi connectivity index (χ1v) is 5.50. The van der Waals surface area contributed by atoms with Crippen LogP contribution in [0.1, 0.15) is 5.56 Å². The first-order chi connectivity index (χ1) is 8.19. The summed E-state index contributed by atoms with van der Waals surface area (Å²) in [4.78, 5) is 0. The van der Waals surface area contributed by atoms with E-state index in [4.69, 9.17) is 20.7 Å². The van der Waals surface area contributed by atoms with E-state index in [0.29, 0.717) is 0 Å². The van der Waals surface area contributed by atoms with Gasteiger partial charge in [-0.3, -0.25) is 0 Å². The molecule has 5 heteroatoms. The fourth-order valence-electron chi connectivity index (χ4n) is 1.49. The van der Waals surface area contributed by atoms with E-state index in [1.165, 1.54) is 0 Å². The van der Waals surface area contributed by atoms with Gasteiger partial charge in [0.1, 0.15) is 12.2 Å². The van der Waals surface area contributed by atoms with Crippen LogP contribution in [0.4, 0.5) is 0 Å². The van der Waals surface area contributed by atoms with Crippen LogP contribution in [0.2, 0.25) is 0 Å². The molecule has 0 aliphatic heterocycles. The minimum Gasteiger partial charge on any atom is -0.395 e. The molecule has 0 radical (unpaired) electrons. The van der Waals surface area contributed by atoms with Crippen molar-refractivity contribution in [2.45, 2.75) is 24.9 Å². The highest BCUT2D eigenvalue weighted by Gasteiger charge is 2.25. The van der Waals surface area contributed by atoms with Crippen molar-refractivity contribution in [2.75, 3.05) is 13.2 Å². The summed E-state index contributed by atoms with van der Waals surface area (Å²) in [5.41, 5.74) is 6.55. The van der Waals surface area contributed by atoms with Gasteiger partial charge in [-0.05, 0) is 5.56 Å². The molecule has 0 spiro atoms. The third kappa shape index (κ3) is 4.41. The molecule has 0 saturated carbocycles. The van der Waals surface area contributed by atoms with Crippen LogP contribution in [0.5, 0.6) is 0 Å². The topological polar surface area (TPSA) is 95.9 Å². The number of benzene rings is 1. The van der Waals surface area contributed by atoms with Crippen molar-refractivity contribution in [3.63, 3.8) is 0 Å². The van der Waals surface area contributed by atoms with Crippen LogP contribution in [0.3, 0.4) is 0 Å². The first-order valence-electron chi connectivity index (χ1n) is 5.50. The average Bonchev–Trinajstić information content (AvgIpc) is 2.39. The van der Waals surface area contributed by atoms with Gasteiger partial charge in [-0.15, -0.1) is 0 Å². The van der Waals surface area contributed by atoms with Crippen LogP contribution < -0.4 is 5.73 Å². The largest absolute Gasteiger partial charge is 0.395 e. The van der Waals surface area contributed by atoms with Crippen LogP contribution in [0.15, 0.2) is 30.3 Å². The Kier molecular flexibility index (Phi) is 6.10. The molecule has 0 aromatic heterocycles. The summed E-state index contributed by atoms with van der Waals surface area (Å²) in [6.45, 7) is -0.486. The average molecular weight is 241 g/mol. The van der Waals surface area contributed by atoms with E-state index in [0.717, 1.165) is 5.56 Å². The van der Waals surface area contributed by atoms with Crippen LogP contribution in [-0.4, -0.2) is 46.8 Å². The lowest BCUT2D eigenvalue weighted by atomic mass is 10.1. The third-order valence-electron chi connectivity index (χ3n) is 2.48. The number of nitrogens with two attached hydrogens (primary N) is 1. The molecule has 17 heavy (non-hydrogen) atoms. The van der Waals surface area contributed by atoms with E-state index in [2.05, 4.69) is 0 Å². The van der Waals surface area contributed by atoms with Crippen molar-refractivity contribution >= 4 is 0 Å². The molecule has 0 saturated heterocycles. The van der Waals surface area contributed by atoms with E-state index in [-0.39, 0.29) is 13.2 Å². The first kappa shape index (κ1) is 14.1. The molecule has 0 bridgehead atoms. The molecule has 0 aliphatic carbocycles. The standard InChI is InChI=1S/C12H19NO4/c13-10(6-14)12(11(16)7-15)17-8-9-4-2-1-3-5-9/h1-5,10-12,14-16H,6-8,13H2. The SMILES string of the molecule is NC(CO)C(OCc1ccccc1)C(O)CO. The Hall–Kier alpha value is -0.980. The highest BCUT2D eigenvalue weighted by molar-refractivity contribution is 5.13. The van der Waals surface area contributed by atoms with E-state index in [1.807, 2.05) is 30.3 Å². The predicted octanol–water partition coefficient (Wildman–Crippen LogP) is -0.755. The molecule has 0 amide bonds. The Morgan fingerprint density at radius 3 is 2.29 bits per heavy atom. The van der Waals surface area contributed by atoms with Crippen molar-refractivity contribution in [3.05, 3.63) is 35.9 Å². The van der Waals surface area contributed by atoms with Crippen molar-refractivity contribution in [1.82, 2.24) is 0 Å². The Morgan fingerprint density at radius 1 is 1.12 bits per heavy atom. The Balaban J connectivity index is 2.55. The summed E-state index contributed by atoms with van der Waals surface area (Å²) in [7, 11) is 0. The number of rotatable bonds is 7. The van der Waals surface area contributed by atoms with Crippen molar-refractivity contribution in [2.24, 2.45) is 5.73 Å². The van der Waals surface area contributed by atoms with Gasteiger partial charge >= 0.3 is 0 Å². The molecule has 5 nitrogen and oxygen atoms in total. The van der Waals surface area contributed by atoms with Crippen LogP contribution in [0, 0.1) is 0 Å². The molecule has 96 valence electrons. The quantitative estimate of drug-likeness (QED) is 0.503. The maximum absolute atomic E-state index is 9.53. The number of ether oxygens (including phenoxy) is 1. The summed E-state index contributed by atoms with van der Waals surface area (Å²) >= 11 is 0. The third-order valence-corrected chi connectivity index (χ3v) is 2.48. The molecular weight excluding hydrogens is 222 g/mol. The molecule has 0 aliphatic rings. The van der Waals surface area contributed by atoms with E-state index in [1.54, 1.807) is 0 Å². The van der Waals surface area contributed by atoms with Crippen LogP contribution >= 0.6 is 0 Å². The zero-order valence-corrected chi connectivity index (χ0v) is 9.57. The molecular formula is C12H19NO4. The molecule has 1 rings (SSSR count). The maximum Gasteiger partial charge on any atom is 0.105 e. The lowest BCUT2D eigenvalue weighted by Crippen LogP contribution is -2.48. The van der Waals surface area contributed by atoms with Crippen molar-refractivity contribution in [3.8, 4) is 0 Å². The number of aliphatic hydroxyl groups is 3. The lowest BCUT2D eigenvalue weighted by molar-refractivity contribution is -0.0821. The van der Waals surface area contributed by atoms with Gasteiger partial charge < -0.3 is 25.8 Å². The van der Waals surface area contributed by atoms with Crippen molar-refractivity contribution in [1.29, 1.82) is 0 Å². The minimum absolute atomic E-state index is 0.274. The Bertz CT molecular complexity index is 297. The molecule has 5 N–H and O–H groups in total. The van der Waals surface area contributed by atoms with Crippen molar-refractivity contribution < 1.29 is 20.1 Å². The summed E-state index contributed by atoms with van der Waals surface area (Å²) < 4.78 is 5.44. The monoisotopic (exact) mass is 241 g/mol. The molecule has 3 atom stereocenters. The van der Waals surface area contributed by atoms with Gasteiger partial charge in [-0.1, -0.05) is 30.3 Å². The van der Waals surface area contributed by atoms with Gasteiger partial charge in [-0.2, -0.15) is 0 Å². The molecule has 1 aromatic carbocycles. The predicted molar refractivity (Wildman–Crippen MR) is 63.2 cm³/mol. The fraction of sp³-hybridized carbons (Fsp3) is 0.500. The van der Waals surface area contributed by atoms with Gasteiger partial charge in [0.05, 0.1) is 25.9 Å². The highest BCUT2D eigenvalue weighted by Crippen LogP contribution is 2.08. The second-order valence-electron chi connectivity index (χ2n) is 3.86. The van der Waals surface area contributed by atoms with Gasteiger partial charge in [-0.25, -0.2) is 0 Å². The Morgan fingerprint density at radius 2 is 1.76 bits per heavy atom. The Labute approximate surface area is 100 Å². The second kappa shape index (κ2) is 7.37. The van der Waals surface area contributed by atoms with Crippen LogP contribution in [0.25, 0.3) is 0 Å². The zero-order valence-electron chi connectivity index (χ0n) is 9.57. The summed E-state index contributed by atoms with van der Waals surface area (Å²) in [6.07, 6.45) is -1.88. The lowest BCUT2D eigenvalue weighted by Gasteiger charge is -2.26. The molecule has 0 heterocycles. The molecule has 3 unspecified atom stereocenters. The molecule has 1 aromatic rings. The second-order valence-corrected chi connectivity index (χ2v) is 3.86. The normalized spacial score (nSPS) is 16.5. The fourth-order valence-corrected chi connectivity index (χ4v) is 1.49. The number of hydrogen-bond acceptors (Lipinski definition) is 5. The smallest absolute Gasteiger partial charge is 0.105 e. The van der Waals surface area contributed by atoms with Gasteiger partial charge in [0.15, 0.2) is 0 Å². The van der Waals surface area contributed by atoms with Crippen LogP contribution in [-0.2, 0) is 11.3 Å². The maximum atomic E-state index is 9.53. The summed E-state index contributed by atoms with van der Waals surface area (Å²) in [5.74, 6) is 0. The number of hydrogen-bond donors (Lipinski definition) is 4. The summed E-state index contributed by atoms with van der Waals surface area (Å²) in [5, 5.41) is 27.4. The molecule has 0 fully saturated rings. The minimum atomic E-state index is -1.10. The van der Waals surface area contributed by atoms with E-state index < -0.39 is 24.9 Å². The van der Waals surface area contributed by atoms with Gasteiger partial charge in [0, 0.05) is 0 Å². The number of aliphatic hydroxyl groups excluding tert-OH is 3. The van der Waals surface area contributed by atoms with Gasteiger partial charge in [0.25, 0.3) is 0 Å². The highest BCUT2D eigenvalue weighted by atomic mass is 16.5.